The standard InChI is InChI=1S/C18H22N4O2/c1-18(12-23)9-5-8-15(18)22-17(24)21-14-10-19-16(20-11-14)13-6-3-2-4-7-13/h2-4,6-7,10-11,15,23H,5,8-9,12H2,1H3,(H2,21,22,24). The number of anilines is 1. The van der Waals surface area contributed by atoms with Crippen molar-refractivity contribution in [1.82, 2.24) is 15.3 Å². The number of aliphatic hydroxyl groups is 1. The zero-order valence-electron chi connectivity index (χ0n) is 13.7. The number of rotatable bonds is 4. The minimum absolute atomic E-state index is 0.0213. The minimum atomic E-state index is -0.294. The molecule has 24 heavy (non-hydrogen) atoms. The van der Waals surface area contributed by atoms with E-state index in [1.165, 1.54) is 0 Å². The van der Waals surface area contributed by atoms with Crippen molar-refractivity contribution >= 4 is 11.7 Å². The fourth-order valence-corrected chi connectivity index (χ4v) is 3.12. The quantitative estimate of drug-likeness (QED) is 0.806. The van der Waals surface area contributed by atoms with Gasteiger partial charge in [0, 0.05) is 17.0 Å². The molecule has 6 nitrogen and oxygen atoms in total. The Morgan fingerprint density at radius 2 is 2.00 bits per heavy atom. The highest BCUT2D eigenvalue weighted by molar-refractivity contribution is 5.89. The van der Waals surface area contributed by atoms with Crippen molar-refractivity contribution in [2.24, 2.45) is 5.41 Å². The molecule has 0 aliphatic heterocycles. The van der Waals surface area contributed by atoms with Crippen LogP contribution in [-0.2, 0) is 0 Å². The van der Waals surface area contributed by atoms with Gasteiger partial charge in [-0.15, -0.1) is 0 Å². The Morgan fingerprint density at radius 1 is 1.29 bits per heavy atom. The maximum absolute atomic E-state index is 12.2. The Bertz CT molecular complexity index is 690. The summed E-state index contributed by atoms with van der Waals surface area (Å²) in [6.45, 7) is 2.08. The fourth-order valence-electron chi connectivity index (χ4n) is 3.12. The van der Waals surface area contributed by atoms with E-state index in [-0.39, 0.29) is 24.1 Å². The molecule has 1 saturated carbocycles. The third kappa shape index (κ3) is 3.54. The van der Waals surface area contributed by atoms with Gasteiger partial charge in [-0.3, -0.25) is 0 Å². The number of aromatic nitrogens is 2. The van der Waals surface area contributed by atoms with Crippen LogP contribution in [0.1, 0.15) is 26.2 Å². The summed E-state index contributed by atoms with van der Waals surface area (Å²) in [4.78, 5) is 20.7. The monoisotopic (exact) mass is 326 g/mol. The van der Waals surface area contributed by atoms with E-state index in [2.05, 4.69) is 20.6 Å². The van der Waals surface area contributed by atoms with Crippen LogP contribution in [-0.4, -0.2) is 33.8 Å². The molecule has 1 aromatic heterocycles. The molecule has 0 spiro atoms. The summed E-state index contributed by atoms with van der Waals surface area (Å²) >= 11 is 0. The number of hydrogen-bond acceptors (Lipinski definition) is 4. The number of urea groups is 1. The predicted octanol–water partition coefficient (Wildman–Crippen LogP) is 2.82. The maximum Gasteiger partial charge on any atom is 0.319 e. The number of benzene rings is 1. The van der Waals surface area contributed by atoms with Gasteiger partial charge >= 0.3 is 6.03 Å². The molecule has 2 atom stereocenters. The third-order valence-electron chi connectivity index (χ3n) is 4.69. The van der Waals surface area contributed by atoms with E-state index in [1.807, 2.05) is 37.3 Å². The lowest BCUT2D eigenvalue weighted by Crippen LogP contribution is -2.46. The molecule has 0 bridgehead atoms. The number of amides is 2. The molecule has 2 aromatic rings. The third-order valence-corrected chi connectivity index (χ3v) is 4.69. The van der Waals surface area contributed by atoms with Gasteiger partial charge in [-0.25, -0.2) is 14.8 Å². The van der Waals surface area contributed by atoms with Crippen molar-refractivity contribution in [3.63, 3.8) is 0 Å². The van der Waals surface area contributed by atoms with E-state index in [9.17, 15) is 9.90 Å². The first kappa shape index (κ1) is 16.4. The Hall–Kier alpha value is -2.47. The molecule has 1 fully saturated rings. The molecular weight excluding hydrogens is 304 g/mol. The second-order valence-electron chi connectivity index (χ2n) is 6.52. The maximum atomic E-state index is 12.2. The predicted molar refractivity (Wildman–Crippen MR) is 92.5 cm³/mol. The van der Waals surface area contributed by atoms with Gasteiger partial charge in [0.25, 0.3) is 0 Å². The summed E-state index contributed by atoms with van der Waals surface area (Å²) in [5, 5.41) is 15.2. The highest BCUT2D eigenvalue weighted by Crippen LogP contribution is 2.37. The first-order chi connectivity index (χ1) is 11.6. The van der Waals surface area contributed by atoms with E-state index < -0.39 is 0 Å². The lowest BCUT2D eigenvalue weighted by molar-refractivity contribution is 0.122. The van der Waals surface area contributed by atoms with Crippen LogP contribution in [0.4, 0.5) is 10.5 Å². The van der Waals surface area contributed by atoms with E-state index in [0.29, 0.717) is 11.5 Å². The van der Waals surface area contributed by atoms with Crippen molar-refractivity contribution < 1.29 is 9.90 Å². The largest absolute Gasteiger partial charge is 0.396 e. The summed E-state index contributed by atoms with van der Waals surface area (Å²) in [6, 6.07) is 9.35. The molecule has 3 N–H and O–H groups in total. The number of aliphatic hydroxyl groups excluding tert-OH is 1. The van der Waals surface area contributed by atoms with Gasteiger partial charge in [0.2, 0.25) is 0 Å². The fraction of sp³-hybridized carbons (Fsp3) is 0.389. The zero-order chi connectivity index (χ0) is 17.0. The van der Waals surface area contributed by atoms with Crippen LogP contribution in [0.5, 0.6) is 0 Å². The highest BCUT2D eigenvalue weighted by Gasteiger charge is 2.39. The summed E-state index contributed by atoms with van der Waals surface area (Å²) < 4.78 is 0. The zero-order valence-corrected chi connectivity index (χ0v) is 13.7. The van der Waals surface area contributed by atoms with E-state index in [0.717, 1.165) is 24.8 Å². The van der Waals surface area contributed by atoms with Crippen LogP contribution in [0.15, 0.2) is 42.7 Å². The Morgan fingerprint density at radius 3 is 2.67 bits per heavy atom. The van der Waals surface area contributed by atoms with Gasteiger partial charge in [0.15, 0.2) is 5.82 Å². The van der Waals surface area contributed by atoms with Gasteiger partial charge in [-0.05, 0) is 12.8 Å². The van der Waals surface area contributed by atoms with Crippen molar-refractivity contribution in [2.75, 3.05) is 11.9 Å². The van der Waals surface area contributed by atoms with Gasteiger partial charge < -0.3 is 15.7 Å². The first-order valence-electron chi connectivity index (χ1n) is 8.16. The van der Waals surface area contributed by atoms with E-state index >= 15 is 0 Å². The van der Waals surface area contributed by atoms with Crippen LogP contribution in [0.25, 0.3) is 11.4 Å². The molecule has 1 heterocycles. The first-order valence-corrected chi connectivity index (χ1v) is 8.16. The second kappa shape index (κ2) is 6.97. The van der Waals surface area contributed by atoms with Crippen LogP contribution < -0.4 is 10.6 Å². The Balaban J connectivity index is 1.61. The number of nitrogens with one attached hydrogen (secondary N) is 2. The summed E-state index contributed by atoms with van der Waals surface area (Å²) in [5.41, 5.74) is 1.22. The molecule has 2 amide bonds. The number of hydrogen-bond donors (Lipinski definition) is 3. The van der Waals surface area contributed by atoms with Crippen LogP contribution >= 0.6 is 0 Å². The van der Waals surface area contributed by atoms with E-state index in [4.69, 9.17) is 0 Å². The van der Waals surface area contributed by atoms with Gasteiger partial charge in [0.05, 0.1) is 24.7 Å². The summed E-state index contributed by atoms with van der Waals surface area (Å²) in [6.07, 6.45) is 6.00. The molecule has 1 aromatic carbocycles. The average molecular weight is 326 g/mol. The van der Waals surface area contributed by atoms with E-state index in [1.54, 1.807) is 12.4 Å². The van der Waals surface area contributed by atoms with Crippen molar-refractivity contribution in [1.29, 1.82) is 0 Å². The topological polar surface area (TPSA) is 87.1 Å². The lowest BCUT2D eigenvalue weighted by Gasteiger charge is -2.30. The lowest BCUT2D eigenvalue weighted by atomic mass is 9.86. The molecule has 1 aliphatic rings. The van der Waals surface area contributed by atoms with Crippen LogP contribution in [0.3, 0.4) is 0 Å². The second-order valence-corrected chi connectivity index (χ2v) is 6.52. The molecule has 2 unspecified atom stereocenters. The van der Waals surface area contributed by atoms with Crippen LogP contribution in [0, 0.1) is 5.41 Å². The minimum Gasteiger partial charge on any atom is -0.396 e. The molecule has 1 aliphatic carbocycles. The summed E-state index contributed by atoms with van der Waals surface area (Å²) in [5.74, 6) is 0.616. The average Bonchev–Trinajstić information content (AvgIpc) is 2.97. The number of carbonyl (C=O) groups excluding carboxylic acids is 1. The molecule has 0 radical (unpaired) electrons. The van der Waals surface area contributed by atoms with Gasteiger partial charge in [-0.2, -0.15) is 0 Å². The van der Waals surface area contributed by atoms with Crippen molar-refractivity contribution in [3.8, 4) is 11.4 Å². The molecule has 3 rings (SSSR count). The molecule has 126 valence electrons. The van der Waals surface area contributed by atoms with Crippen molar-refractivity contribution in [2.45, 2.75) is 32.2 Å². The normalized spacial score (nSPS) is 23.0. The van der Waals surface area contributed by atoms with Crippen LogP contribution in [0.2, 0.25) is 0 Å². The smallest absolute Gasteiger partial charge is 0.319 e. The van der Waals surface area contributed by atoms with Gasteiger partial charge in [0.1, 0.15) is 0 Å². The van der Waals surface area contributed by atoms with Gasteiger partial charge in [-0.1, -0.05) is 43.7 Å². The number of carbonyl (C=O) groups is 1. The highest BCUT2D eigenvalue weighted by atomic mass is 16.3. The SMILES string of the molecule is CC1(CO)CCCC1NC(=O)Nc1cnc(-c2ccccc2)nc1. The molecule has 0 saturated heterocycles. The summed E-state index contributed by atoms with van der Waals surface area (Å²) in [7, 11) is 0. The Labute approximate surface area is 141 Å². The van der Waals surface area contributed by atoms with Crippen molar-refractivity contribution in [3.05, 3.63) is 42.7 Å². The molecule has 6 heteroatoms. The number of nitrogens with zero attached hydrogens (tertiary/aromatic N) is 2. The Kier molecular flexibility index (Phi) is 4.76. The molecular formula is C18H22N4O2.